The molecule has 0 saturated carbocycles. The van der Waals surface area contributed by atoms with E-state index in [4.69, 9.17) is 5.73 Å². The largest absolute Gasteiger partial charge is 0.396 e. The van der Waals surface area contributed by atoms with Crippen LogP contribution in [-0.4, -0.2) is 24.0 Å². The Hall–Kier alpha value is -1.82. The molecule has 0 aliphatic rings. The zero-order valence-electron chi connectivity index (χ0n) is 10.1. The first kappa shape index (κ1) is 12.6. The number of anilines is 1. The maximum absolute atomic E-state index is 12.2. The quantitative estimate of drug-likeness (QED) is 0.911. The fourth-order valence-corrected chi connectivity index (χ4v) is 3.28. The summed E-state index contributed by atoms with van der Waals surface area (Å²) >= 11 is 0. The highest BCUT2D eigenvalue weighted by Crippen LogP contribution is 2.21. The molecule has 1 heterocycles. The van der Waals surface area contributed by atoms with Crippen LogP contribution in [0.15, 0.2) is 41.6 Å². The molecule has 0 radical (unpaired) electrons. The van der Waals surface area contributed by atoms with Gasteiger partial charge in [0.15, 0.2) is 9.84 Å². The highest BCUT2D eigenvalue weighted by molar-refractivity contribution is 7.91. The first-order valence-electron chi connectivity index (χ1n) is 5.67. The Kier molecular flexibility index (Phi) is 3.38. The second-order valence-electron chi connectivity index (χ2n) is 4.00. The van der Waals surface area contributed by atoms with Gasteiger partial charge < -0.3 is 5.73 Å². The second kappa shape index (κ2) is 4.81. The van der Waals surface area contributed by atoms with E-state index in [2.05, 4.69) is 5.10 Å². The van der Waals surface area contributed by atoms with Gasteiger partial charge in [-0.15, -0.1) is 0 Å². The number of rotatable bonds is 4. The van der Waals surface area contributed by atoms with Gasteiger partial charge in [-0.2, -0.15) is 5.10 Å². The van der Waals surface area contributed by atoms with E-state index < -0.39 is 9.84 Å². The van der Waals surface area contributed by atoms with Gasteiger partial charge in [-0.05, 0) is 18.6 Å². The Morgan fingerprint density at radius 1 is 1.33 bits per heavy atom. The van der Waals surface area contributed by atoms with Crippen LogP contribution < -0.4 is 5.73 Å². The van der Waals surface area contributed by atoms with E-state index in [1.165, 1.54) is 10.9 Å². The fourth-order valence-electron chi connectivity index (χ4n) is 1.76. The minimum atomic E-state index is -3.28. The van der Waals surface area contributed by atoms with Crippen molar-refractivity contribution in [1.82, 2.24) is 9.78 Å². The molecule has 5 nitrogen and oxygen atoms in total. The van der Waals surface area contributed by atoms with Gasteiger partial charge in [0.25, 0.3) is 0 Å². The standard InChI is InChI=1S/C12H15N3O2S/c1-2-7-18(16,17)12-6-4-3-5-11(12)15-9-10(13)8-14-15/h3-6,8-9H,2,7,13H2,1H3. The van der Waals surface area contributed by atoms with Gasteiger partial charge >= 0.3 is 0 Å². The number of hydrogen-bond acceptors (Lipinski definition) is 4. The van der Waals surface area contributed by atoms with Crippen LogP contribution in [0.2, 0.25) is 0 Å². The lowest BCUT2D eigenvalue weighted by atomic mass is 10.3. The molecule has 0 aliphatic carbocycles. The normalized spacial score (nSPS) is 11.6. The molecule has 1 aromatic heterocycles. The molecule has 1 aromatic carbocycles. The van der Waals surface area contributed by atoms with Gasteiger partial charge in [-0.25, -0.2) is 13.1 Å². The molecule has 0 saturated heterocycles. The summed E-state index contributed by atoms with van der Waals surface area (Å²) in [4.78, 5) is 0.287. The first-order chi connectivity index (χ1) is 8.54. The predicted molar refractivity (Wildman–Crippen MR) is 70.3 cm³/mol. The Labute approximate surface area is 106 Å². The summed E-state index contributed by atoms with van der Waals surface area (Å²) in [5.41, 5.74) is 6.63. The van der Waals surface area contributed by atoms with Crippen molar-refractivity contribution in [3.05, 3.63) is 36.7 Å². The summed E-state index contributed by atoms with van der Waals surface area (Å²) in [6.45, 7) is 1.84. The lowest BCUT2D eigenvalue weighted by Gasteiger charge is -2.09. The molecule has 2 N–H and O–H groups in total. The molecule has 0 fully saturated rings. The van der Waals surface area contributed by atoms with Gasteiger partial charge in [-0.1, -0.05) is 19.1 Å². The van der Waals surface area contributed by atoms with Gasteiger partial charge in [0.05, 0.1) is 34.4 Å². The lowest BCUT2D eigenvalue weighted by Crippen LogP contribution is -2.10. The molecule has 0 unspecified atom stereocenters. The van der Waals surface area contributed by atoms with Crippen LogP contribution in [0.4, 0.5) is 5.69 Å². The SMILES string of the molecule is CCCS(=O)(=O)c1ccccc1-n1cc(N)cn1. The Bertz CT molecular complexity index is 647. The minimum absolute atomic E-state index is 0.126. The molecule has 0 bridgehead atoms. The number of nitrogens with two attached hydrogens (primary N) is 1. The maximum Gasteiger partial charge on any atom is 0.180 e. The number of nitrogens with zero attached hydrogens (tertiary/aromatic N) is 2. The Morgan fingerprint density at radius 2 is 2.06 bits per heavy atom. The van der Waals surface area contributed by atoms with Crippen molar-refractivity contribution in [3.63, 3.8) is 0 Å². The molecule has 6 heteroatoms. The summed E-state index contributed by atoms with van der Waals surface area (Å²) in [5.74, 6) is 0.126. The molecule has 0 aliphatic heterocycles. The first-order valence-corrected chi connectivity index (χ1v) is 7.32. The summed E-state index contributed by atoms with van der Waals surface area (Å²) in [5, 5.41) is 4.05. The van der Waals surface area contributed by atoms with E-state index in [0.717, 1.165) is 0 Å². The topological polar surface area (TPSA) is 78.0 Å². The van der Waals surface area contributed by atoms with Crippen molar-refractivity contribution < 1.29 is 8.42 Å². The monoisotopic (exact) mass is 265 g/mol. The minimum Gasteiger partial charge on any atom is -0.396 e. The second-order valence-corrected chi connectivity index (χ2v) is 6.08. The average Bonchev–Trinajstić information content (AvgIpc) is 2.76. The third-order valence-corrected chi connectivity index (χ3v) is 4.48. The van der Waals surface area contributed by atoms with Crippen LogP contribution in [0.5, 0.6) is 0 Å². The molecule has 2 aromatic rings. The highest BCUT2D eigenvalue weighted by Gasteiger charge is 2.18. The van der Waals surface area contributed by atoms with Gasteiger partial charge in [0, 0.05) is 0 Å². The summed E-state index contributed by atoms with van der Waals surface area (Å²) in [6.07, 6.45) is 3.67. The Morgan fingerprint density at radius 3 is 2.67 bits per heavy atom. The number of hydrogen-bond donors (Lipinski definition) is 1. The molecule has 2 rings (SSSR count). The van der Waals surface area contributed by atoms with Crippen LogP contribution in [0.25, 0.3) is 5.69 Å². The van der Waals surface area contributed by atoms with Crippen molar-refractivity contribution in [2.75, 3.05) is 11.5 Å². The van der Waals surface area contributed by atoms with Crippen molar-refractivity contribution in [3.8, 4) is 5.69 Å². The van der Waals surface area contributed by atoms with Crippen LogP contribution in [0, 0.1) is 0 Å². The Balaban J connectivity index is 2.57. The summed E-state index contributed by atoms with van der Waals surface area (Å²) < 4.78 is 25.8. The van der Waals surface area contributed by atoms with Crippen LogP contribution in [0.1, 0.15) is 13.3 Å². The van der Waals surface area contributed by atoms with E-state index >= 15 is 0 Å². The van der Waals surface area contributed by atoms with Gasteiger partial charge in [-0.3, -0.25) is 0 Å². The molecular weight excluding hydrogens is 250 g/mol. The van der Waals surface area contributed by atoms with E-state index in [1.54, 1.807) is 30.5 Å². The number of nitrogen functional groups attached to an aromatic ring is 1. The number of benzene rings is 1. The van der Waals surface area contributed by atoms with E-state index in [9.17, 15) is 8.42 Å². The van der Waals surface area contributed by atoms with Crippen molar-refractivity contribution in [2.45, 2.75) is 18.2 Å². The fraction of sp³-hybridized carbons (Fsp3) is 0.250. The third kappa shape index (κ3) is 2.38. The van der Waals surface area contributed by atoms with Crippen LogP contribution in [-0.2, 0) is 9.84 Å². The molecular formula is C12H15N3O2S. The van der Waals surface area contributed by atoms with Gasteiger partial charge in [0.2, 0.25) is 0 Å². The lowest BCUT2D eigenvalue weighted by molar-refractivity contribution is 0.593. The van der Waals surface area contributed by atoms with E-state index in [0.29, 0.717) is 17.8 Å². The predicted octanol–water partition coefficient (Wildman–Crippen LogP) is 1.64. The zero-order chi connectivity index (χ0) is 13.2. The summed E-state index contributed by atoms with van der Waals surface area (Å²) in [6, 6.07) is 6.80. The van der Waals surface area contributed by atoms with Crippen LogP contribution in [0.3, 0.4) is 0 Å². The molecule has 0 amide bonds. The molecule has 96 valence electrons. The third-order valence-electron chi connectivity index (χ3n) is 2.52. The summed E-state index contributed by atoms with van der Waals surface area (Å²) in [7, 11) is -3.28. The number of sulfone groups is 1. The van der Waals surface area contributed by atoms with Gasteiger partial charge in [0.1, 0.15) is 0 Å². The van der Waals surface area contributed by atoms with Crippen molar-refractivity contribution >= 4 is 15.5 Å². The van der Waals surface area contributed by atoms with E-state index in [1.807, 2.05) is 6.92 Å². The number of para-hydroxylation sites is 1. The number of aromatic nitrogens is 2. The molecule has 0 atom stereocenters. The van der Waals surface area contributed by atoms with Crippen molar-refractivity contribution in [2.24, 2.45) is 0 Å². The highest BCUT2D eigenvalue weighted by atomic mass is 32.2. The molecule has 0 spiro atoms. The average molecular weight is 265 g/mol. The zero-order valence-corrected chi connectivity index (χ0v) is 10.9. The maximum atomic E-state index is 12.2. The van der Waals surface area contributed by atoms with E-state index in [-0.39, 0.29) is 10.6 Å². The van der Waals surface area contributed by atoms with Crippen molar-refractivity contribution in [1.29, 1.82) is 0 Å². The molecule has 18 heavy (non-hydrogen) atoms. The smallest absolute Gasteiger partial charge is 0.180 e. The van der Waals surface area contributed by atoms with Crippen LogP contribution >= 0.6 is 0 Å².